The van der Waals surface area contributed by atoms with Crippen LogP contribution in [0.2, 0.25) is 5.02 Å². The molecule has 2 rings (SSSR count). The first-order valence-electron chi connectivity index (χ1n) is 6.31. The van der Waals surface area contributed by atoms with Crippen LogP contribution in [0.1, 0.15) is 38.3 Å². The Bertz CT molecular complexity index is 508. The SMILES string of the molecule is CC(c1ccc(F)c(Cl)c1)N1CCCC1(C)C(=O)O. The predicted octanol–water partition coefficient (Wildman–Crippen LogP) is 3.48. The number of rotatable bonds is 3. The van der Waals surface area contributed by atoms with Gasteiger partial charge in [0.15, 0.2) is 0 Å². The topological polar surface area (TPSA) is 40.5 Å². The van der Waals surface area contributed by atoms with Crippen LogP contribution < -0.4 is 0 Å². The molecule has 1 aromatic rings. The van der Waals surface area contributed by atoms with Crippen LogP contribution in [-0.4, -0.2) is 28.1 Å². The van der Waals surface area contributed by atoms with Crippen LogP contribution in [0.15, 0.2) is 18.2 Å². The minimum atomic E-state index is -0.861. The maximum absolute atomic E-state index is 13.2. The predicted molar refractivity (Wildman–Crippen MR) is 71.8 cm³/mol. The van der Waals surface area contributed by atoms with Gasteiger partial charge in [-0.1, -0.05) is 17.7 Å². The number of benzene rings is 1. The smallest absolute Gasteiger partial charge is 0.323 e. The molecule has 2 atom stereocenters. The van der Waals surface area contributed by atoms with E-state index in [0.29, 0.717) is 6.42 Å². The van der Waals surface area contributed by atoms with Gasteiger partial charge in [-0.3, -0.25) is 9.69 Å². The highest BCUT2D eigenvalue weighted by Gasteiger charge is 2.45. The van der Waals surface area contributed by atoms with E-state index in [4.69, 9.17) is 11.6 Å². The van der Waals surface area contributed by atoms with Gasteiger partial charge in [0.25, 0.3) is 0 Å². The molecule has 3 nitrogen and oxygen atoms in total. The van der Waals surface area contributed by atoms with Gasteiger partial charge in [0.05, 0.1) is 5.02 Å². The highest BCUT2D eigenvalue weighted by atomic mass is 35.5. The molecule has 0 saturated carbocycles. The second kappa shape index (κ2) is 5.10. The summed E-state index contributed by atoms with van der Waals surface area (Å²) in [5.41, 5.74) is -0.0268. The summed E-state index contributed by atoms with van der Waals surface area (Å²) in [4.78, 5) is 13.4. The van der Waals surface area contributed by atoms with Crippen LogP contribution in [0.3, 0.4) is 0 Å². The summed E-state index contributed by atoms with van der Waals surface area (Å²) in [5, 5.41) is 9.48. The van der Waals surface area contributed by atoms with Gasteiger partial charge in [0.2, 0.25) is 0 Å². The summed E-state index contributed by atoms with van der Waals surface area (Å²) >= 11 is 5.79. The number of aliphatic carboxylic acids is 1. The highest BCUT2D eigenvalue weighted by molar-refractivity contribution is 6.30. The van der Waals surface area contributed by atoms with Crippen molar-refractivity contribution in [2.75, 3.05) is 6.54 Å². The van der Waals surface area contributed by atoms with Crippen molar-refractivity contribution in [3.63, 3.8) is 0 Å². The summed E-state index contributed by atoms with van der Waals surface area (Å²) in [6, 6.07) is 4.44. The number of hydrogen-bond donors (Lipinski definition) is 1. The fourth-order valence-corrected chi connectivity index (χ4v) is 2.98. The lowest BCUT2D eigenvalue weighted by atomic mass is 9.96. The molecular weight excluding hydrogens is 269 g/mol. The molecule has 0 amide bonds. The summed E-state index contributed by atoms with van der Waals surface area (Å²) in [7, 11) is 0. The monoisotopic (exact) mass is 285 g/mol. The maximum Gasteiger partial charge on any atom is 0.323 e. The van der Waals surface area contributed by atoms with Crippen molar-refractivity contribution in [1.82, 2.24) is 4.90 Å². The van der Waals surface area contributed by atoms with Gasteiger partial charge in [-0.2, -0.15) is 0 Å². The molecule has 0 bridgehead atoms. The molecule has 1 aliphatic heterocycles. The van der Waals surface area contributed by atoms with E-state index in [-0.39, 0.29) is 11.1 Å². The Morgan fingerprint density at radius 1 is 1.58 bits per heavy atom. The minimum absolute atomic E-state index is 0.0700. The van der Waals surface area contributed by atoms with Crippen LogP contribution in [0.4, 0.5) is 4.39 Å². The van der Waals surface area contributed by atoms with E-state index in [1.165, 1.54) is 6.07 Å². The van der Waals surface area contributed by atoms with E-state index >= 15 is 0 Å². The third kappa shape index (κ3) is 2.47. The molecule has 19 heavy (non-hydrogen) atoms. The van der Waals surface area contributed by atoms with Crippen molar-refractivity contribution in [2.24, 2.45) is 0 Å². The summed E-state index contributed by atoms with van der Waals surface area (Å²) in [6.45, 7) is 4.39. The van der Waals surface area contributed by atoms with Crippen molar-refractivity contribution >= 4 is 17.6 Å². The van der Waals surface area contributed by atoms with Gasteiger partial charge in [-0.15, -0.1) is 0 Å². The van der Waals surface area contributed by atoms with Crippen LogP contribution in [-0.2, 0) is 4.79 Å². The van der Waals surface area contributed by atoms with Crippen LogP contribution in [0.25, 0.3) is 0 Å². The van der Waals surface area contributed by atoms with Crippen LogP contribution in [0, 0.1) is 5.82 Å². The van der Waals surface area contributed by atoms with Gasteiger partial charge >= 0.3 is 5.97 Å². The molecule has 0 radical (unpaired) electrons. The van der Waals surface area contributed by atoms with Gasteiger partial charge in [0, 0.05) is 6.04 Å². The minimum Gasteiger partial charge on any atom is -0.480 e. The normalized spacial score (nSPS) is 25.5. The van der Waals surface area contributed by atoms with Gasteiger partial charge in [0.1, 0.15) is 11.4 Å². The lowest BCUT2D eigenvalue weighted by Crippen LogP contribution is -2.48. The summed E-state index contributed by atoms with van der Waals surface area (Å²) in [6.07, 6.45) is 1.48. The fourth-order valence-electron chi connectivity index (χ4n) is 2.79. The first kappa shape index (κ1) is 14.3. The van der Waals surface area contributed by atoms with Crippen molar-refractivity contribution < 1.29 is 14.3 Å². The zero-order chi connectivity index (χ0) is 14.2. The third-order valence-corrected chi connectivity index (χ3v) is 4.34. The Balaban J connectivity index is 2.30. The van der Waals surface area contributed by atoms with E-state index in [0.717, 1.165) is 18.5 Å². The molecule has 1 aliphatic rings. The molecule has 0 aromatic heterocycles. The number of likely N-dealkylation sites (tertiary alicyclic amines) is 1. The average molecular weight is 286 g/mol. The maximum atomic E-state index is 13.2. The Kier molecular flexibility index (Phi) is 3.83. The molecule has 1 aromatic carbocycles. The van der Waals surface area contributed by atoms with Crippen molar-refractivity contribution in [3.8, 4) is 0 Å². The van der Waals surface area contributed by atoms with E-state index in [1.807, 2.05) is 11.8 Å². The summed E-state index contributed by atoms with van der Waals surface area (Å²) < 4.78 is 13.2. The quantitative estimate of drug-likeness (QED) is 0.924. The molecule has 1 saturated heterocycles. The Hall–Kier alpha value is -1.13. The molecule has 1 fully saturated rings. The van der Waals surface area contributed by atoms with Gasteiger partial charge < -0.3 is 5.11 Å². The Labute approximate surface area is 117 Å². The van der Waals surface area contributed by atoms with Crippen LogP contribution in [0.5, 0.6) is 0 Å². The number of halogens is 2. The second-order valence-corrected chi connectivity index (χ2v) is 5.63. The first-order valence-corrected chi connectivity index (χ1v) is 6.69. The third-order valence-electron chi connectivity index (χ3n) is 4.05. The Morgan fingerprint density at radius 2 is 2.26 bits per heavy atom. The second-order valence-electron chi connectivity index (χ2n) is 5.23. The molecule has 1 N–H and O–H groups in total. The molecule has 104 valence electrons. The zero-order valence-electron chi connectivity index (χ0n) is 11.0. The number of carbonyl (C=O) groups is 1. The van der Waals surface area contributed by atoms with Gasteiger partial charge in [-0.05, 0) is 50.9 Å². The Morgan fingerprint density at radius 3 is 2.84 bits per heavy atom. The number of nitrogens with zero attached hydrogens (tertiary/aromatic N) is 1. The largest absolute Gasteiger partial charge is 0.480 e. The standard InChI is InChI=1S/C14H17ClFNO2/c1-9(10-4-5-12(16)11(15)8-10)17-7-3-6-14(17,2)13(18)19/h4-5,8-9H,3,6-7H2,1-2H3,(H,18,19). The van der Waals surface area contributed by atoms with Crippen molar-refractivity contribution in [3.05, 3.63) is 34.6 Å². The van der Waals surface area contributed by atoms with Crippen molar-refractivity contribution in [1.29, 1.82) is 0 Å². The molecule has 0 spiro atoms. The molecule has 1 heterocycles. The lowest BCUT2D eigenvalue weighted by molar-refractivity contribution is -0.149. The fraction of sp³-hybridized carbons (Fsp3) is 0.500. The molecule has 5 heteroatoms. The van der Waals surface area contributed by atoms with E-state index in [1.54, 1.807) is 19.1 Å². The van der Waals surface area contributed by atoms with Crippen LogP contribution >= 0.6 is 11.6 Å². The van der Waals surface area contributed by atoms with E-state index in [9.17, 15) is 14.3 Å². The molecule has 0 aliphatic carbocycles. The van der Waals surface area contributed by atoms with Gasteiger partial charge in [-0.25, -0.2) is 4.39 Å². The van der Waals surface area contributed by atoms with Crippen molar-refractivity contribution in [2.45, 2.75) is 38.3 Å². The highest BCUT2D eigenvalue weighted by Crippen LogP contribution is 2.37. The number of hydrogen-bond acceptors (Lipinski definition) is 2. The number of carboxylic acids is 1. The van der Waals surface area contributed by atoms with E-state index in [2.05, 4.69) is 0 Å². The molecular formula is C14H17ClFNO2. The zero-order valence-corrected chi connectivity index (χ0v) is 11.7. The van der Waals surface area contributed by atoms with E-state index < -0.39 is 17.3 Å². The number of carboxylic acid groups (broad SMARTS) is 1. The molecule has 2 unspecified atom stereocenters. The average Bonchev–Trinajstić information content (AvgIpc) is 2.75. The lowest BCUT2D eigenvalue weighted by Gasteiger charge is -2.36. The summed E-state index contributed by atoms with van der Waals surface area (Å²) in [5.74, 6) is -1.27. The first-order chi connectivity index (χ1) is 8.86.